The number of rotatable bonds is 7. The first kappa shape index (κ1) is 16.1. The molecule has 0 amide bonds. The van der Waals surface area contributed by atoms with Crippen LogP contribution in [0.4, 0.5) is 0 Å². The molecule has 108 valence electrons. The number of nitrogens with one attached hydrogen (secondary N) is 1. The summed E-state index contributed by atoms with van der Waals surface area (Å²) >= 11 is 0. The van der Waals surface area contributed by atoms with Crippen LogP contribution in [0.5, 0.6) is 0 Å². The van der Waals surface area contributed by atoms with Crippen LogP contribution in [0.15, 0.2) is 23.1 Å². The first-order valence-corrected chi connectivity index (χ1v) is 8.11. The van der Waals surface area contributed by atoms with Gasteiger partial charge in [-0.2, -0.15) is 0 Å². The minimum atomic E-state index is -3.51. The lowest BCUT2D eigenvalue weighted by molar-refractivity contribution is 0.281. The maximum atomic E-state index is 12.3. The molecular weight excluding hydrogens is 262 g/mol. The Labute approximate surface area is 115 Å². The first-order valence-electron chi connectivity index (χ1n) is 6.63. The summed E-state index contributed by atoms with van der Waals surface area (Å²) in [4.78, 5) is 0.252. The summed E-state index contributed by atoms with van der Waals surface area (Å²) in [6.07, 6.45) is 2.87. The Morgan fingerprint density at radius 2 is 2.05 bits per heavy atom. The second kappa shape index (κ2) is 7.03. The molecule has 1 aromatic carbocycles. The lowest BCUT2D eigenvalue weighted by Gasteiger charge is -2.15. The van der Waals surface area contributed by atoms with E-state index in [0.29, 0.717) is 11.1 Å². The summed E-state index contributed by atoms with van der Waals surface area (Å²) < 4.78 is 27.3. The molecule has 0 aliphatic rings. The highest BCUT2D eigenvalue weighted by Crippen LogP contribution is 2.18. The van der Waals surface area contributed by atoms with Gasteiger partial charge >= 0.3 is 0 Å². The summed E-state index contributed by atoms with van der Waals surface area (Å²) in [5.41, 5.74) is 1.29. The Bertz CT molecular complexity index is 511. The van der Waals surface area contributed by atoms with E-state index in [1.54, 1.807) is 19.1 Å². The van der Waals surface area contributed by atoms with E-state index in [1.807, 2.05) is 6.92 Å². The predicted octanol–water partition coefficient (Wildman–Crippen LogP) is 2.34. The fourth-order valence-electron chi connectivity index (χ4n) is 1.93. The van der Waals surface area contributed by atoms with E-state index in [2.05, 4.69) is 11.6 Å². The van der Waals surface area contributed by atoms with Gasteiger partial charge in [-0.15, -0.1) is 0 Å². The Hall–Kier alpha value is -0.910. The Morgan fingerprint density at radius 3 is 2.63 bits per heavy atom. The van der Waals surface area contributed by atoms with Gasteiger partial charge in [-0.1, -0.05) is 31.9 Å². The molecular formula is C14H23NO3S. The fraction of sp³-hybridized carbons (Fsp3) is 0.571. The van der Waals surface area contributed by atoms with Crippen LogP contribution in [0, 0.1) is 6.92 Å². The number of unbranched alkanes of at least 4 members (excludes halogenated alkanes) is 1. The molecule has 0 heterocycles. The van der Waals surface area contributed by atoms with E-state index in [-0.39, 0.29) is 17.5 Å². The largest absolute Gasteiger partial charge is 0.392 e. The number of aliphatic hydroxyl groups excluding tert-OH is 1. The molecule has 4 nitrogen and oxygen atoms in total. The molecule has 0 aliphatic carbocycles. The molecule has 0 radical (unpaired) electrons. The van der Waals surface area contributed by atoms with Crippen LogP contribution in [0.3, 0.4) is 0 Å². The minimum absolute atomic E-state index is 0.0814. The molecule has 0 aliphatic heterocycles. The Kier molecular flexibility index (Phi) is 5.97. The van der Waals surface area contributed by atoms with Crippen molar-refractivity contribution >= 4 is 10.0 Å². The first-order chi connectivity index (χ1) is 8.90. The molecule has 0 bridgehead atoms. The third-order valence-corrected chi connectivity index (χ3v) is 4.80. The van der Waals surface area contributed by atoms with Crippen LogP contribution in [0.25, 0.3) is 0 Å². The van der Waals surface area contributed by atoms with Crippen LogP contribution >= 0.6 is 0 Å². The normalized spacial score (nSPS) is 13.5. The highest BCUT2D eigenvalue weighted by molar-refractivity contribution is 7.89. The van der Waals surface area contributed by atoms with Gasteiger partial charge in [-0.25, -0.2) is 13.1 Å². The monoisotopic (exact) mass is 285 g/mol. The lowest BCUT2D eigenvalue weighted by Crippen LogP contribution is -2.33. The van der Waals surface area contributed by atoms with Crippen molar-refractivity contribution in [1.82, 2.24) is 4.72 Å². The van der Waals surface area contributed by atoms with Crippen molar-refractivity contribution in [3.8, 4) is 0 Å². The molecule has 0 aromatic heterocycles. The zero-order valence-corrected chi connectivity index (χ0v) is 12.6. The standard InChI is InChI=1S/C14H23NO3S/c1-4-5-6-12(3)15-19(17,18)14-9-13(10-16)8-7-11(14)2/h7-9,12,15-16H,4-6,10H2,1-3H3. The van der Waals surface area contributed by atoms with Gasteiger partial charge in [0.15, 0.2) is 0 Å². The quantitative estimate of drug-likeness (QED) is 0.808. The van der Waals surface area contributed by atoms with Gasteiger partial charge in [0, 0.05) is 6.04 Å². The Morgan fingerprint density at radius 1 is 1.37 bits per heavy atom. The average molecular weight is 285 g/mol. The van der Waals surface area contributed by atoms with Crippen molar-refractivity contribution in [2.75, 3.05) is 0 Å². The third kappa shape index (κ3) is 4.60. The molecule has 19 heavy (non-hydrogen) atoms. The second-order valence-electron chi connectivity index (χ2n) is 4.92. The molecule has 1 unspecified atom stereocenters. The van der Waals surface area contributed by atoms with Gasteiger partial charge in [0.05, 0.1) is 11.5 Å². The maximum absolute atomic E-state index is 12.3. The summed E-state index contributed by atoms with van der Waals surface area (Å²) in [5, 5.41) is 9.10. The van der Waals surface area contributed by atoms with Crippen LogP contribution in [-0.2, 0) is 16.6 Å². The zero-order valence-electron chi connectivity index (χ0n) is 11.8. The molecule has 1 rings (SSSR count). The van der Waals surface area contributed by atoms with Crippen LogP contribution < -0.4 is 4.72 Å². The molecule has 1 aromatic rings. The van der Waals surface area contributed by atoms with E-state index in [0.717, 1.165) is 19.3 Å². The second-order valence-corrected chi connectivity index (χ2v) is 6.60. The van der Waals surface area contributed by atoms with Gasteiger partial charge in [0.25, 0.3) is 0 Å². The van der Waals surface area contributed by atoms with Crippen LogP contribution in [-0.4, -0.2) is 19.6 Å². The highest BCUT2D eigenvalue weighted by Gasteiger charge is 2.19. The fourth-order valence-corrected chi connectivity index (χ4v) is 3.50. The van der Waals surface area contributed by atoms with E-state index in [9.17, 15) is 8.42 Å². The smallest absolute Gasteiger partial charge is 0.241 e. The molecule has 5 heteroatoms. The topological polar surface area (TPSA) is 66.4 Å². The summed E-state index contributed by atoms with van der Waals surface area (Å²) in [6, 6.07) is 4.90. The number of aliphatic hydroxyl groups is 1. The van der Waals surface area contributed by atoms with Crippen molar-refractivity contribution in [3.05, 3.63) is 29.3 Å². The van der Waals surface area contributed by atoms with Gasteiger partial charge < -0.3 is 5.11 Å². The van der Waals surface area contributed by atoms with Crippen molar-refractivity contribution in [1.29, 1.82) is 0 Å². The number of hydrogen-bond acceptors (Lipinski definition) is 3. The molecule has 0 saturated carbocycles. The molecule has 0 saturated heterocycles. The van der Waals surface area contributed by atoms with E-state index in [1.165, 1.54) is 6.07 Å². The third-order valence-electron chi connectivity index (χ3n) is 3.07. The van der Waals surface area contributed by atoms with Crippen molar-refractivity contribution in [2.45, 2.75) is 57.6 Å². The van der Waals surface area contributed by atoms with Crippen LogP contribution in [0.1, 0.15) is 44.2 Å². The lowest BCUT2D eigenvalue weighted by atomic mass is 10.2. The van der Waals surface area contributed by atoms with Gasteiger partial charge in [-0.3, -0.25) is 0 Å². The van der Waals surface area contributed by atoms with Gasteiger partial charge in [0.2, 0.25) is 10.0 Å². The predicted molar refractivity (Wildman–Crippen MR) is 76.4 cm³/mol. The van der Waals surface area contributed by atoms with E-state index < -0.39 is 10.0 Å². The number of hydrogen-bond donors (Lipinski definition) is 2. The van der Waals surface area contributed by atoms with Gasteiger partial charge in [-0.05, 0) is 37.5 Å². The molecule has 0 fully saturated rings. The summed E-state index contributed by atoms with van der Waals surface area (Å²) in [5.74, 6) is 0. The summed E-state index contributed by atoms with van der Waals surface area (Å²) in [6.45, 7) is 5.55. The van der Waals surface area contributed by atoms with E-state index in [4.69, 9.17) is 5.11 Å². The molecule has 1 atom stereocenters. The number of sulfonamides is 1. The SMILES string of the molecule is CCCCC(C)NS(=O)(=O)c1cc(CO)ccc1C. The van der Waals surface area contributed by atoms with Crippen molar-refractivity contribution in [2.24, 2.45) is 0 Å². The molecule has 0 spiro atoms. The summed E-state index contributed by atoms with van der Waals surface area (Å²) in [7, 11) is -3.51. The highest BCUT2D eigenvalue weighted by atomic mass is 32.2. The van der Waals surface area contributed by atoms with Gasteiger partial charge in [0.1, 0.15) is 0 Å². The van der Waals surface area contributed by atoms with Crippen molar-refractivity contribution in [3.63, 3.8) is 0 Å². The Balaban J connectivity index is 2.93. The van der Waals surface area contributed by atoms with E-state index >= 15 is 0 Å². The van der Waals surface area contributed by atoms with Crippen LogP contribution in [0.2, 0.25) is 0 Å². The molecule has 2 N–H and O–H groups in total. The average Bonchev–Trinajstić information content (AvgIpc) is 2.36. The zero-order chi connectivity index (χ0) is 14.5. The van der Waals surface area contributed by atoms with Crippen molar-refractivity contribution < 1.29 is 13.5 Å². The minimum Gasteiger partial charge on any atom is -0.392 e. The number of aryl methyl sites for hydroxylation is 1. The number of benzene rings is 1. The maximum Gasteiger partial charge on any atom is 0.241 e.